The first-order chi connectivity index (χ1) is 10.2. The number of nitrogens with zero attached hydrogens (tertiary/aromatic N) is 2. The first kappa shape index (κ1) is 16.0. The summed E-state index contributed by atoms with van der Waals surface area (Å²) in [6, 6.07) is 2.00. The second-order valence-corrected chi connectivity index (χ2v) is 5.98. The summed E-state index contributed by atoms with van der Waals surface area (Å²) in [7, 11) is 1.67. The van der Waals surface area contributed by atoms with Crippen molar-refractivity contribution in [1.82, 2.24) is 9.97 Å². The van der Waals surface area contributed by atoms with Crippen LogP contribution in [0.25, 0.3) is 0 Å². The molecule has 0 radical (unpaired) electrons. The van der Waals surface area contributed by atoms with Crippen molar-refractivity contribution in [2.75, 3.05) is 30.8 Å². The lowest BCUT2D eigenvalue weighted by atomic mass is 9.67. The average molecular weight is 292 g/mol. The van der Waals surface area contributed by atoms with Crippen molar-refractivity contribution in [3.63, 3.8) is 0 Å². The Morgan fingerprint density at radius 2 is 1.90 bits per heavy atom. The molecule has 1 aliphatic carbocycles. The molecule has 1 aliphatic rings. The Bertz CT molecular complexity index is 440. The topological polar surface area (TPSA) is 59.1 Å². The summed E-state index contributed by atoms with van der Waals surface area (Å²) in [4.78, 5) is 9.01. The molecule has 1 aromatic heterocycles. The third-order valence-electron chi connectivity index (χ3n) is 4.41. The Morgan fingerprint density at radius 3 is 2.43 bits per heavy atom. The van der Waals surface area contributed by atoms with E-state index in [4.69, 9.17) is 4.74 Å². The number of anilines is 2. The van der Waals surface area contributed by atoms with Gasteiger partial charge in [0.25, 0.3) is 0 Å². The number of nitrogens with one attached hydrogen (secondary N) is 2. The monoisotopic (exact) mass is 292 g/mol. The van der Waals surface area contributed by atoms with Crippen LogP contribution in [0.15, 0.2) is 6.07 Å². The molecule has 0 spiro atoms. The van der Waals surface area contributed by atoms with Gasteiger partial charge in [0.2, 0.25) is 0 Å². The fourth-order valence-electron chi connectivity index (χ4n) is 2.74. The molecule has 0 aromatic carbocycles. The second-order valence-electron chi connectivity index (χ2n) is 5.98. The summed E-state index contributed by atoms with van der Waals surface area (Å²) < 4.78 is 5.16. The summed E-state index contributed by atoms with van der Waals surface area (Å²) in [6.07, 6.45) is 6.32. The van der Waals surface area contributed by atoms with E-state index in [0.29, 0.717) is 12.0 Å². The van der Waals surface area contributed by atoms with E-state index in [2.05, 4.69) is 34.4 Å². The molecule has 2 rings (SSSR count). The van der Waals surface area contributed by atoms with E-state index < -0.39 is 0 Å². The van der Waals surface area contributed by atoms with Crippen LogP contribution in [0.3, 0.4) is 0 Å². The molecule has 21 heavy (non-hydrogen) atoms. The summed E-state index contributed by atoms with van der Waals surface area (Å²) in [6.45, 7) is 6.79. The lowest BCUT2D eigenvalue weighted by Crippen LogP contribution is -2.36. The van der Waals surface area contributed by atoms with Crippen LogP contribution in [0.2, 0.25) is 0 Å². The zero-order valence-electron chi connectivity index (χ0n) is 13.5. The predicted molar refractivity (Wildman–Crippen MR) is 86.6 cm³/mol. The van der Waals surface area contributed by atoms with Crippen LogP contribution < -0.4 is 10.6 Å². The number of aromatic nitrogens is 2. The van der Waals surface area contributed by atoms with Gasteiger partial charge in [-0.3, -0.25) is 0 Å². The number of hydrogen-bond acceptors (Lipinski definition) is 5. The van der Waals surface area contributed by atoms with Gasteiger partial charge in [-0.05, 0) is 31.1 Å². The smallest absolute Gasteiger partial charge is 0.158 e. The molecule has 0 aliphatic heterocycles. The molecule has 0 unspecified atom stereocenters. The van der Waals surface area contributed by atoms with E-state index in [9.17, 15) is 0 Å². The predicted octanol–water partition coefficient (Wildman–Crippen LogP) is 3.44. The van der Waals surface area contributed by atoms with Crippen LogP contribution in [0.4, 0.5) is 11.6 Å². The van der Waals surface area contributed by atoms with Crippen molar-refractivity contribution < 1.29 is 4.74 Å². The van der Waals surface area contributed by atoms with Crippen LogP contribution in [0.5, 0.6) is 0 Å². The lowest BCUT2D eigenvalue weighted by molar-refractivity contribution is 0.145. The van der Waals surface area contributed by atoms with E-state index in [-0.39, 0.29) is 0 Å². The molecule has 1 heterocycles. The Hall–Kier alpha value is -1.36. The van der Waals surface area contributed by atoms with Crippen LogP contribution in [-0.2, 0) is 11.3 Å². The van der Waals surface area contributed by atoms with Crippen LogP contribution in [-0.4, -0.2) is 30.2 Å². The third kappa shape index (κ3) is 4.30. The van der Waals surface area contributed by atoms with Crippen molar-refractivity contribution in [2.24, 2.45) is 5.41 Å². The number of rotatable bonds is 9. The molecule has 0 atom stereocenters. The fourth-order valence-corrected chi connectivity index (χ4v) is 2.74. The molecule has 0 amide bonds. The van der Waals surface area contributed by atoms with Crippen LogP contribution in [0.1, 0.15) is 51.8 Å². The van der Waals surface area contributed by atoms with E-state index in [1.165, 1.54) is 25.7 Å². The maximum absolute atomic E-state index is 5.16. The molecule has 5 nitrogen and oxygen atoms in total. The molecule has 1 saturated carbocycles. The molecule has 1 aromatic rings. The zero-order valence-corrected chi connectivity index (χ0v) is 13.5. The third-order valence-corrected chi connectivity index (χ3v) is 4.41. The maximum Gasteiger partial charge on any atom is 0.158 e. The van der Waals surface area contributed by atoms with Gasteiger partial charge in [0.15, 0.2) is 5.82 Å². The molecular formula is C16H28N4O. The standard InChI is InChI=1S/C16H28N4O/c1-4-9-17-13-10-14(20-15(19-13)11-21-3)18-12-16(5-2)7-6-8-16/h10H,4-9,11-12H2,1-3H3,(H2,17,18,19,20). The molecule has 5 heteroatoms. The van der Waals surface area contributed by atoms with Gasteiger partial charge in [-0.15, -0.1) is 0 Å². The zero-order chi connectivity index (χ0) is 15.1. The minimum Gasteiger partial charge on any atom is -0.377 e. The number of hydrogen-bond donors (Lipinski definition) is 2. The minimum absolute atomic E-state index is 0.440. The molecule has 118 valence electrons. The summed E-state index contributed by atoms with van der Waals surface area (Å²) in [5.74, 6) is 2.50. The Labute approximate surface area is 127 Å². The largest absolute Gasteiger partial charge is 0.377 e. The first-order valence-corrected chi connectivity index (χ1v) is 8.06. The molecule has 1 fully saturated rings. The highest BCUT2D eigenvalue weighted by Crippen LogP contribution is 2.43. The minimum atomic E-state index is 0.440. The fraction of sp³-hybridized carbons (Fsp3) is 0.750. The second kappa shape index (κ2) is 7.59. The Balaban J connectivity index is 2.03. The van der Waals surface area contributed by atoms with E-state index >= 15 is 0 Å². The first-order valence-electron chi connectivity index (χ1n) is 8.06. The van der Waals surface area contributed by atoms with E-state index in [0.717, 1.165) is 37.0 Å². The van der Waals surface area contributed by atoms with E-state index in [1.54, 1.807) is 7.11 Å². The van der Waals surface area contributed by atoms with Crippen molar-refractivity contribution in [3.05, 3.63) is 11.9 Å². The lowest BCUT2D eigenvalue weighted by Gasteiger charge is -2.41. The van der Waals surface area contributed by atoms with Gasteiger partial charge >= 0.3 is 0 Å². The van der Waals surface area contributed by atoms with Gasteiger partial charge < -0.3 is 15.4 Å². The molecule has 0 bridgehead atoms. The number of ether oxygens (including phenoxy) is 1. The SMILES string of the molecule is CCCNc1cc(NCC2(CC)CCC2)nc(COC)n1. The van der Waals surface area contributed by atoms with Gasteiger partial charge in [-0.2, -0.15) is 0 Å². The highest BCUT2D eigenvalue weighted by molar-refractivity contribution is 5.47. The number of methoxy groups -OCH3 is 1. The summed E-state index contributed by atoms with van der Waals surface area (Å²) in [5.41, 5.74) is 0.476. The van der Waals surface area contributed by atoms with Gasteiger partial charge in [0.05, 0.1) is 0 Å². The van der Waals surface area contributed by atoms with Crippen LogP contribution >= 0.6 is 0 Å². The highest BCUT2D eigenvalue weighted by atomic mass is 16.5. The van der Waals surface area contributed by atoms with Crippen molar-refractivity contribution >= 4 is 11.6 Å². The van der Waals surface area contributed by atoms with Crippen molar-refractivity contribution in [2.45, 2.75) is 52.6 Å². The van der Waals surface area contributed by atoms with Crippen molar-refractivity contribution in [3.8, 4) is 0 Å². The Morgan fingerprint density at radius 1 is 1.19 bits per heavy atom. The van der Waals surface area contributed by atoms with Crippen molar-refractivity contribution in [1.29, 1.82) is 0 Å². The Kier molecular flexibility index (Phi) is 5.79. The highest BCUT2D eigenvalue weighted by Gasteiger charge is 2.34. The van der Waals surface area contributed by atoms with Gasteiger partial charge in [0.1, 0.15) is 18.2 Å². The quantitative estimate of drug-likeness (QED) is 0.730. The van der Waals surface area contributed by atoms with E-state index in [1.807, 2.05) is 6.07 Å². The summed E-state index contributed by atoms with van der Waals surface area (Å²) in [5, 5.41) is 6.83. The van der Waals surface area contributed by atoms with Gasteiger partial charge in [-0.25, -0.2) is 9.97 Å². The normalized spacial score (nSPS) is 16.3. The van der Waals surface area contributed by atoms with Gasteiger partial charge in [-0.1, -0.05) is 20.3 Å². The van der Waals surface area contributed by atoms with Gasteiger partial charge in [0, 0.05) is 26.3 Å². The molecular weight excluding hydrogens is 264 g/mol. The summed E-state index contributed by atoms with van der Waals surface area (Å²) >= 11 is 0. The maximum atomic E-state index is 5.16. The van der Waals surface area contributed by atoms with Crippen LogP contribution in [0, 0.1) is 5.41 Å². The molecule has 2 N–H and O–H groups in total. The average Bonchev–Trinajstić information content (AvgIpc) is 2.45. The molecule has 0 saturated heterocycles.